The molecule has 97 valence electrons. The van der Waals surface area contributed by atoms with E-state index in [0.29, 0.717) is 0 Å². The van der Waals surface area contributed by atoms with E-state index in [1.165, 1.54) is 26.5 Å². The normalized spacial score (nSPS) is 10.4. The molecule has 0 aliphatic rings. The fourth-order valence-electron chi connectivity index (χ4n) is 2.04. The fraction of sp³-hybridized carbons (Fsp3) is 0.0526. The topological polar surface area (TPSA) is 0 Å². The summed E-state index contributed by atoms with van der Waals surface area (Å²) in [4.78, 5) is 2.54. The van der Waals surface area contributed by atoms with Crippen LogP contribution in [0, 0.1) is 13.0 Å². The van der Waals surface area contributed by atoms with Crippen molar-refractivity contribution in [3.8, 4) is 11.1 Å². The van der Waals surface area contributed by atoms with Gasteiger partial charge in [0.25, 0.3) is 0 Å². The van der Waals surface area contributed by atoms with Crippen LogP contribution in [0.3, 0.4) is 0 Å². The molecule has 0 saturated heterocycles. The largest absolute Gasteiger partial charge is 0.0901 e. The average Bonchev–Trinajstić information content (AvgIpc) is 2.51. The number of hydrogen-bond donors (Lipinski definition) is 0. The van der Waals surface area contributed by atoms with Gasteiger partial charge in [0.15, 0.2) is 0 Å². The molecule has 0 amide bonds. The SMILES string of the molecule is Cc1ccc(Sc2ccc(-c3cc[c]cc3)cc2)cc1. The van der Waals surface area contributed by atoms with Gasteiger partial charge in [0.05, 0.1) is 0 Å². The highest BCUT2D eigenvalue weighted by Crippen LogP contribution is 2.29. The monoisotopic (exact) mass is 275 g/mol. The van der Waals surface area contributed by atoms with Gasteiger partial charge in [-0.3, -0.25) is 0 Å². The lowest BCUT2D eigenvalue weighted by molar-refractivity contribution is 1.36. The summed E-state index contributed by atoms with van der Waals surface area (Å²) in [5, 5.41) is 0. The molecule has 1 heteroatoms. The summed E-state index contributed by atoms with van der Waals surface area (Å²) in [6, 6.07) is 28.4. The minimum Gasteiger partial charge on any atom is -0.0901 e. The van der Waals surface area contributed by atoms with Crippen LogP contribution in [-0.2, 0) is 0 Å². The Kier molecular flexibility index (Phi) is 3.89. The van der Waals surface area contributed by atoms with Gasteiger partial charge in [-0.1, -0.05) is 65.9 Å². The average molecular weight is 275 g/mol. The van der Waals surface area contributed by atoms with E-state index in [1.807, 2.05) is 12.1 Å². The molecule has 3 aromatic carbocycles. The molecule has 0 nitrogen and oxygen atoms in total. The Morgan fingerprint density at radius 2 is 1.15 bits per heavy atom. The third-order valence-electron chi connectivity index (χ3n) is 3.16. The Morgan fingerprint density at radius 3 is 1.75 bits per heavy atom. The Bertz CT molecular complexity index is 667. The molecule has 0 saturated carbocycles. The van der Waals surface area contributed by atoms with Crippen molar-refractivity contribution in [1.29, 1.82) is 0 Å². The highest BCUT2D eigenvalue weighted by molar-refractivity contribution is 7.99. The van der Waals surface area contributed by atoms with Crippen molar-refractivity contribution in [2.24, 2.45) is 0 Å². The maximum absolute atomic E-state index is 3.05. The van der Waals surface area contributed by atoms with Gasteiger partial charge in [0, 0.05) is 9.79 Å². The van der Waals surface area contributed by atoms with Gasteiger partial charge in [0.2, 0.25) is 0 Å². The smallest absolute Gasteiger partial charge is 0.0122 e. The first-order chi connectivity index (χ1) is 9.81. The Morgan fingerprint density at radius 1 is 0.650 bits per heavy atom. The fourth-order valence-corrected chi connectivity index (χ4v) is 2.85. The third-order valence-corrected chi connectivity index (χ3v) is 4.18. The van der Waals surface area contributed by atoms with Gasteiger partial charge in [0.1, 0.15) is 0 Å². The molecule has 0 spiro atoms. The predicted octanol–water partition coefficient (Wildman–Crippen LogP) is 5.61. The number of hydrogen-bond acceptors (Lipinski definition) is 1. The van der Waals surface area contributed by atoms with Crippen LogP contribution in [0.4, 0.5) is 0 Å². The maximum atomic E-state index is 3.05. The summed E-state index contributed by atoms with van der Waals surface area (Å²) in [5.74, 6) is 0. The zero-order valence-electron chi connectivity index (χ0n) is 11.3. The molecule has 0 aliphatic carbocycles. The van der Waals surface area contributed by atoms with Crippen LogP contribution in [0.2, 0.25) is 0 Å². The van der Waals surface area contributed by atoms with Gasteiger partial charge in [-0.2, -0.15) is 0 Å². The van der Waals surface area contributed by atoms with Crippen molar-refractivity contribution in [2.75, 3.05) is 0 Å². The molecule has 0 aromatic heterocycles. The Labute approximate surface area is 124 Å². The molecular weight excluding hydrogens is 260 g/mol. The molecular formula is C19H15S. The first-order valence-corrected chi connectivity index (χ1v) is 7.44. The lowest BCUT2D eigenvalue weighted by Crippen LogP contribution is -1.78. The quantitative estimate of drug-likeness (QED) is 0.598. The molecule has 0 aliphatic heterocycles. The Hall–Kier alpha value is -1.99. The van der Waals surface area contributed by atoms with Crippen LogP contribution >= 0.6 is 11.8 Å². The summed E-state index contributed by atoms with van der Waals surface area (Å²) >= 11 is 1.79. The minimum absolute atomic E-state index is 1.23. The number of rotatable bonds is 3. The first-order valence-electron chi connectivity index (χ1n) is 6.62. The van der Waals surface area contributed by atoms with Crippen LogP contribution in [0.5, 0.6) is 0 Å². The van der Waals surface area contributed by atoms with E-state index < -0.39 is 0 Å². The van der Waals surface area contributed by atoms with E-state index in [9.17, 15) is 0 Å². The third kappa shape index (κ3) is 3.12. The van der Waals surface area contributed by atoms with Gasteiger partial charge >= 0.3 is 0 Å². The van der Waals surface area contributed by atoms with Gasteiger partial charge in [-0.25, -0.2) is 0 Å². The molecule has 0 N–H and O–H groups in total. The van der Waals surface area contributed by atoms with E-state index in [4.69, 9.17) is 0 Å². The van der Waals surface area contributed by atoms with Crippen LogP contribution < -0.4 is 0 Å². The van der Waals surface area contributed by atoms with Crippen molar-refractivity contribution in [3.05, 3.63) is 84.4 Å². The second-order valence-electron chi connectivity index (χ2n) is 4.73. The summed E-state index contributed by atoms with van der Waals surface area (Å²) in [6.45, 7) is 2.11. The molecule has 3 rings (SSSR count). The molecule has 20 heavy (non-hydrogen) atoms. The molecule has 0 heterocycles. The van der Waals surface area contributed by atoms with Gasteiger partial charge in [-0.05, 0) is 48.4 Å². The van der Waals surface area contributed by atoms with E-state index in [-0.39, 0.29) is 0 Å². The number of aryl methyl sites for hydroxylation is 1. The van der Waals surface area contributed by atoms with Crippen molar-refractivity contribution in [1.82, 2.24) is 0 Å². The maximum Gasteiger partial charge on any atom is 0.0122 e. The van der Waals surface area contributed by atoms with E-state index >= 15 is 0 Å². The lowest BCUT2D eigenvalue weighted by atomic mass is 10.1. The summed E-state index contributed by atoms with van der Waals surface area (Å²) in [5.41, 5.74) is 3.77. The van der Waals surface area contributed by atoms with Gasteiger partial charge < -0.3 is 0 Å². The van der Waals surface area contributed by atoms with Crippen molar-refractivity contribution < 1.29 is 0 Å². The molecule has 0 atom stereocenters. The highest BCUT2D eigenvalue weighted by atomic mass is 32.2. The zero-order valence-corrected chi connectivity index (χ0v) is 12.2. The summed E-state index contributed by atoms with van der Waals surface area (Å²) in [6.07, 6.45) is 0. The van der Waals surface area contributed by atoms with Crippen LogP contribution in [0.15, 0.2) is 82.6 Å². The van der Waals surface area contributed by atoms with Crippen LogP contribution in [-0.4, -0.2) is 0 Å². The lowest BCUT2D eigenvalue weighted by Gasteiger charge is -2.05. The first kappa shape index (κ1) is 13.0. The van der Waals surface area contributed by atoms with Gasteiger partial charge in [-0.15, -0.1) is 0 Å². The molecule has 0 bridgehead atoms. The Balaban J connectivity index is 1.78. The van der Waals surface area contributed by atoms with E-state index in [2.05, 4.69) is 73.7 Å². The van der Waals surface area contributed by atoms with Crippen LogP contribution in [0.25, 0.3) is 11.1 Å². The standard InChI is InChI=1S/C19H15S/c1-15-7-11-18(12-8-15)20-19-13-9-17(10-14-19)16-5-3-2-4-6-16/h3-14H,1H3. The molecule has 1 radical (unpaired) electrons. The van der Waals surface area contributed by atoms with Crippen molar-refractivity contribution in [2.45, 2.75) is 16.7 Å². The molecule has 0 unspecified atom stereocenters. The highest BCUT2D eigenvalue weighted by Gasteiger charge is 1.99. The minimum atomic E-state index is 1.23. The summed E-state index contributed by atoms with van der Waals surface area (Å²) < 4.78 is 0. The van der Waals surface area contributed by atoms with Crippen LogP contribution in [0.1, 0.15) is 5.56 Å². The van der Waals surface area contributed by atoms with E-state index in [1.54, 1.807) is 11.8 Å². The number of benzene rings is 3. The van der Waals surface area contributed by atoms with E-state index in [0.717, 1.165) is 0 Å². The predicted molar refractivity (Wildman–Crippen MR) is 86.0 cm³/mol. The molecule has 0 fully saturated rings. The zero-order chi connectivity index (χ0) is 13.8. The van der Waals surface area contributed by atoms with Crippen molar-refractivity contribution >= 4 is 11.8 Å². The summed E-state index contributed by atoms with van der Waals surface area (Å²) in [7, 11) is 0. The molecule has 3 aromatic rings. The second kappa shape index (κ2) is 5.98. The second-order valence-corrected chi connectivity index (χ2v) is 5.88. The van der Waals surface area contributed by atoms with Crippen molar-refractivity contribution in [3.63, 3.8) is 0 Å².